The van der Waals surface area contributed by atoms with E-state index in [4.69, 9.17) is 9.47 Å². The lowest BCUT2D eigenvalue weighted by atomic mass is 9.98. The van der Waals surface area contributed by atoms with Gasteiger partial charge in [-0.2, -0.15) is 0 Å². The second-order valence-electron chi connectivity index (χ2n) is 4.62. The molecule has 19 heavy (non-hydrogen) atoms. The summed E-state index contributed by atoms with van der Waals surface area (Å²) in [6.07, 6.45) is -0.301. The van der Waals surface area contributed by atoms with Crippen LogP contribution in [0.25, 0.3) is 0 Å². The molecule has 0 radical (unpaired) electrons. The lowest BCUT2D eigenvalue weighted by Gasteiger charge is -2.31. The van der Waals surface area contributed by atoms with Crippen molar-refractivity contribution in [3.8, 4) is 0 Å². The maximum atomic E-state index is 14.1. The molecule has 5 heteroatoms. The molecule has 1 heterocycles. The molecule has 1 N–H and O–H groups in total. The molecule has 0 saturated carbocycles. The van der Waals surface area contributed by atoms with Crippen molar-refractivity contribution in [1.82, 2.24) is 5.32 Å². The van der Waals surface area contributed by atoms with Gasteiger partial charge in [0, 0.05) is 5.56 Å². The van der Waals surface area contributed by atoms with Crippen molar-refractivity contribution in [2.75, 3.05) is 26.4 Å². The number of rotatable bonds is 4. The van der Waals surface area contributed by atoms with Gasteiger partial charge in [-0.15, -0.1) is 0 Å². The van der Waals surface area contributed by atoms with E-state index in [-0.39, 0.29) is 6.10 Å². The molecule has 0 amide bonds. The molecule has 2 unspecified atom stereocenters. The molecule has 1 aromatic rings. The van der Waals surface area contributed by atoms with Crippen LogP contribution in [0.3, 0.4) is 0 Å². The van der Waals surface area contributed by atoms with Gasteiger partial charge in [-0.25, -0.2) is 8.78 Å². The van der Waals surface area contributed by atoms with Gasteiger partial charge in [0.25, 0.3) is 0 Å². The number of nitrogens with one attached hydrogen (secondary N) is 1. The molecule has 1 aliphatic rings. The number of ether oxygens (including phenoxy) is 2. The second-order valence-corrected chi connectivity index (χ2v) is 4.62. The molecule has 0 aliphatic carbocycles. The SMILES string of the molecule is CCNC(c1ccc(C)c(F)c1F)C1COCCO1. The first-order chi connectivity index (χ1) is 9.15. The van der Waals surface area contributed by atoms with E-state index in [0.29, 0.717) is 37.5 Å². The Bertz CT molecular complexity index is 434. The maximum Gasteiger partial charge on any atom is 0.163 e. The van der Waals surface area contributed by atoms with Crippen LogP contribution in [0.4, 0.5) is 8.78 Å². The first kappa shape index (κ1) is 14.4. The van der Waals surface area contributed by atoms with E-state index in [0.717, 1.165) is 0 Å². The minimum atomic E-state index is -0.805. The first-order valence-corrected chi connectivity index (χ1v) is 6.52. The van der Waals surface area contributed by atoms with Crippen LogP contribution in [0, 0.1) is 18.6 Å². The highest BCUT2D eigenvalue weighted by Crippen LogP contribution is 2.26. The molecule has 2 rings (SSSR count). The van der Waals surface area contributed by atoms with Gasteiger partial charge in [-0.05, 0) is 19.0 Å². The van der Waals surface area contributed by atoms with Gasteiger partial charge < -0.3 is 14.8 Å². The molecule has 0 bridgehead atoms. The minimum Gasteiger partial charge on any atom is -0.376 e. The fraction of sp³-hybridized carbons (Fsp3) is 0.571. The number of halogens is 2. The number of hydrogen-bond acceptors (Lipinski definition) is 3. The van der Waals surface area contributed by atoms with Gasteiger partial charge in [0.15, 0.2) is 11.6 Å². The highest BCUT2D eigenvalue weighted by atomic mass is 19.2. The Labute approximate surface area is 111 Å². The van der Waals surface area contributed by atoms with Crippen LogP contribution < -0.4 is 5.32 Å². The van der Waals surface area contributed by atoms with Crippen LogP contribution in [0.1, 0.15) is 24.1 Å². The largest absolute Gasteiger partial charge is 0.376 e. The summed E-state index contributed by atoms with van der Waals surface area (Å²) in [5.41, 5.74) is 0.595. The van der Waals surface area contributed by atoms with Gasteiger partial charge >= 0.3 is 0 Å². The fourth-order valence-electron chi connectivity index (χ4n) is 2.26. The quantitative estimate of drug-likeness (QED) is 0.911. The molecule has 1 fully saturated rings. The summed E-state index contributed by atoms with van der Waals surface area (Å²) in [5, 5.41) is 3.14. The Morgan fingerprint density at radius 2 is 2.11 bits per heavy atom. The van der Waals surface area contributed by atoms with Crippen molar-refractivity contribution < 1.29 is 18.3 Å². The number of hydrogen-bond donors (Lipinski definition) is 1. The molecule has 0 aromatic heterocycles. The monoisotopic (exact) mass is 271 g/mol. The van der Waals surface area contributed by atoms with Crippen LogP contribution in [0.15, 0.2) is 12.1 Å². The van der Waals surface area contributed by atoms with Crippen LogP contribution >= 0.6 is 0 Å². The van der Waals surface area contributed by atoms with E-state index in [1.165, 1.54) is 0 Å². The topological polar surface area (TPSA) is 30.5 Å². The average Bonchev–Trinajstić information content (AvgIpc) is 2.44. The van der Waals surface area contributed by atoms with E-state index in [1.807, 2.05) is 6.92 Å². The normalized spacial score (nSPS) is 21.4. The van der Waals surface area contributed by atoms with Crippen molar-refractivity contribution in [3.05, 3.63) is 34.9 Å². The molecule has 2 atom stereocenters. The smallest absolute Gasteiger partial charge is 0.163 e. The zero-order valence-corrected chi connectivity index (χ0v) is 11.2. The summed E-state index contributed by atoms with van der Waals surface area (Å²) in [6, 6.07) is 2.79. The summed E-state index contributed by atoms with van der Waals surface area (Å²) in [7, 11) is 0. The predicted octanol–water partition coefficient (Wildman–Crippen LogP) is 2.34. The van der Waals surface area contributed by atoms with Crippen molar-refractivity contribution in [3.63, 3.8) is 0 Å². The second kappa shape index (κ2) is 6.41. The predicted molar refractivity (Wildman–Crippen MR) is 68.1 cm³/mol. The third kappa shape index (κ3) is 3.11. The molecule has 1 saturated heterocycles. The zero-order valence-electron chi connectivity index (χ0n) is 11.2. The highest BCUT2D eigenvalue weighted by Gasteiger charge is 2.29. The molecule has 0 spiro atoms. The molecule has 1 aliphatic heterocycles. The van der Waals surface area contributed by atoms with Gasteiger partial charge in [-0.3, -0.25) is 0 Å². The van der Waals surface area contributed by atoms with Crippen molar-refractivity contribution >= 4 is 0 Å². The zero-order chi connectivity index (χ0) is 13.8. The standard InChI is InChI=1S/C14H19F2NO2/c1-3-17-14(11-8-18-6-7-19-11)10-5-4-9(2)12(15)13(10)16/h4-5,11,14,17H,3,6-8H2,1-2H3. The van der Waals surface area contributed by atoms with Crippen molar-refractivity contribution in [2.45, 2.75) is 26.0 Å². The average molecular weight is 271 g/mol. The number of aryl methyl sites for hydroxylation is 1. The molecular weight excluding hydrogens is 252 g/mol. The Hall–Kier alpha value is -1.04. The third-order valence-corrected chi connectivity index (χ3v) is 3.28. The van der Waals surface area contributed by atoms with Crippen LogP contribution in [0.5, 0.6) is 0 Å². The van der Waals surface area contributed by atoms with E-state index in [1.54, 1.807) is 19.1 Å². The van der Waals surface area contributed by atoms with Gasteiger partial charge in [-0.1, -0.05) is 19.1 Å². The summed E-state index contributed by atoms with van der Waals surface area (Å²) < 4.78 is 38.7. The minimum absolute atomic E-state index is 0.292. The van der Waals surface area contributed by atoms with Gasteiger partial charge in [0.05, 0.1) is 25.9 Å². The third-order valence-electron chi connectivity index (χ3n) is 3.28. The highest BCUT2D eigenvalue weighted by molar-refractivity contribution is 5.28. The van der Waals surface area contributed by atoms with Crippen LogP contribution in [-0.4, -0.2) is 32.5 Å². The van der Waals surface area contributed by atoms with Crippen LogP contribution in [0.2, 0.25) is 0 Å². The van der Waals surface area contributed by atoms with E-state index in [9.17, 15) is 8.78 Å². The summed E-state index contributed by atoms with van der Waals surface area (Å²) in [4.78, 5) is 0. The molecule has 106 valence electrons. The van der Waals surface area contributed by atoms with Gasteiger partial charge in [0.2, 0.25) is 0 Å². The Balaban J connectivity index is 2.30. The Kier molecular flexibility index (Phi) is 4.85. The first-order valence-electron chi connectivity index (χ1n) is 6.52. The van der Waals surface area contributed by atoms with Crippen molar-refractivity contribution in [2.24, 2.45) is 0 Å². The Morgan fingerprint density at radius 3 is 2.74 bits per heavy atom. The number of likely N-dealkylation sites (N-methyl/N-ethyl adjacent to an activating group) is 1. The molecule has 3 nitrogen and oxygen atoms in total. The Morgan fingerprint density at radius 1 is 1.32 bits per heavy atom. The lowest BCUT2D eigenvalue weighted by Crippen LogP contribution is -2.41. The molecular formula is C14H19F2NO2. The van der Waals surface area contributed by atoms with E-state index in [2.05, 4.69) is 5.32 Å². The van der Waals surface area contributed by atoms with Gasteiger partial charge in [0.1, 0.15) is 6.10 Å². The summed E-state index contributed by atoms with van der Waals surface area (Å²) >= 11 is 0. The van der Waals surface area contributed by atoms with Crippen LogP contribution in [-0.2, 0) is 9.47 Å². The summed E-state index contributed by atoms with van der Waals surface area (Å²) in [6.45, 7) is 5.50. The lowest BCUT2D eigenvalue weighted by molar-refractivity contribution is -0.102. The number of benzene rings is 1. The van der Waals surface area contributed by atoms with E-state index < -0.39 is 17.7 Å². The summed E-state index contributed by atoms with van der Waals surface area (Å²) in [5.74, 6) is -1.60. The molecule has 1 aromatic carbocycles. The van der Waals surface area contributed by atoms with Crippen molar-refractivity contribution in [1.29, 1.82) is 0 Å². The van der Waals surface area contributed by atoms with E-state index >= 15 is 0 Å². The maximum absolute atomic E-state index is 14.1. The fourth-order valence-corrected chi connectivity index (χ4v) is 2.26.